The molecule has 0 bridgehead atoms. The van der Waals surface area contributed by atoms with Crippen LogP contribution in [0, 0.1) is 11.8 Å². The first kappa shape index (κ1) is 13.8. The van der Waals surface area contributed by atoms with Crippen LogP contribution in [0.15, 0.2) is 0 Å². The van der Waals surface area contributed by atoms with Gasteiger partial charge in [0.15, 0.2) is 0 Å². The molecular formula is C12H21NO4. The predicted molar refractivity (Wildman–Crippen MR) is 62.5 cm³/mol. The van der Waals surface area contributed by atoms with E-state index in [2.05, 4.69) is 10.1 Å². The Balaban J connectivity index is 2.27. The fraction of sp³-hybridized carbons (Fsp3) is 0.833. The number of carbonyl (C=O) groups is 2. The van der Waals surface area contributed by atoms with Gasteiger partial charge in [-0.3, -0.25) is 4.79 Å². The molecule has 1 rings (SSSR count). The van der Waals surface area contributed by atoms with Gasteiger partial charge in [-0.2, -0.15) is 0 Å². The molecule has 5 nitrogen and oxygen atoms in total. The predicted octanol–water partition coefficient (Wildman–Crippen LogP) is 1.71. The maximum absolute atomic E-state index is 11.4. The number of esters is 1. The molecule has 1 saturated carbocycles. The summed E-state index contributed by atoms with van der Waals surface area (Å²) in [5.74, 6) is -0.0860. The second-order valence-electron chi connectivity index (χ2n) is 5.35. The van der Waals surface area contributed by atoms with Crippen molar-refractivity contribution in [1.82, 2.24) is 5.32 Å². The first-order chi connectivity index (χ1) is 7.83. The number of ether oxygens (including phenoxy) is 2. The van der Waals surface area contributed by atoms with Gasteiger partial charge in [0, 0.05) is 6.54 Å². The number of alkyl carbamates (subject to hydrolysis) is 1. The summed E-state index contributed by atoms with van der Waals surface area (Å²) in [6.07, 6.45) is 1.34. The molecule has 5 heteroatoms. The lowest BCUT2D eigenvalue weighted by Gasteiger charge is -2.34. The summed E-state index contributed by atoms with van der Waals surface area (Å²) in [7, 11) is 1.39. The molecule has 0 radical (unpaired) electrons. The topological polar surface area (TPSA) is 64.6 Å². The first-order valence-corrected chi connectivity index (χ1v) is 5.88. The van der Waals surface area contributed by atoms with Crippen LogP contribution in [0.1, 0.15) is 33.6 Å². The fourth-order valence-corrected chi connectivity index (χ4v) is 1.80. The molecule has 0 aromatic heterocycles. The number of hydrogen-bond donors (Lipinski definition) is 1. The molecule has 1 aliphatic rings. The normalized spacial score (nSPS) is 23.5. The number of carbonyl (C=O) groups excluding carboxylic acids is 2. The molecule has 0 saturated heterocycles. The lowest BCUT2D eigenvalue weighted by Crippen LogP contribution is -2.43. The van der Waals surface area contributed by atoms with Crippen molar-refractivity contribution in [2.24, 2.45) is 11.8 Å². The van der Waals surface area contributed by atoms with Crippen LogP contribution in [-0.2, 0) is 14.3 Å². The van der Waals surface area contributed by atoms with Gasteiger partial charge in [0.2, 0.25) is 0 Å². The molecule has 98 valence electrons. The van der Waals surface area contributed by atoms with E-state index in [0.717, 1.165) is 12.8 Å². The molecule has 1 aliphatic carbocycles. The van der Waals surface area contributed by atoms with E-state index in [4.69, 9.17) is 4.74 Å². The molecule has 2 atom stereocenters. The van der Waals surface area contributed by atoms with Gasteiger partial charge in [0.25, 0.3) is 0 Å². The minimum atomic E-state index is -0.495. The van der Waals surface area contributed by atoms with Crippen LogP contribution in [0.5, 0.6) is 0 Å². The maximum atomic E-state index is 11.4. The average Bonchev–Trinajstić information content (AvgIpc) is 2.13. The number of methoxy groups -OCH3 is 1. The monoisotopic (exact) mass is 243 g/mol. The zero-order chi connectivity index (χ0) is 13.1. The highest BCUT2D eigenvalue weighted by Crippen LogP contribution is 2.34. The Morgan fingerprint density at radius 2 is 1.94 bits per heavy atom. The molecule has 1 amide bonds. The summed E-state index contributed by atoms with van der Waals surface area (Å²) >= 11 is 0. The van der Waals surface area contributed by atoms with Crippen LogP contribution in [0.2, 0.25) is 0 Å². The Bertz CT molecular complexity index is 295. The number of rotatable bonds is 3. The summed E-state index contributed by atoms with van der Waals surface area (Å²) in [6.45, 7) is 5.90. The van der Waals surface area contributed by atoms with Crippen molar-refractivity contribution in [2.75, 3.05) is 13.7 Å². The average molecular weight is 243 g/mol. The first-order valence-electron chi connectivity index (χ1n) is 5.88. The number of hydrogen-bond acceptors (Lipinski definition) is 4. The smallest absolute Gasteiger partial charge is 0.407 e. The molecule has 1 fully saturated rings. The molecule has 0 aliphatic heterocycles. The zero-order valence-electron chi connectivity index (χ0n) is 10.9. The highest BCUT2D eigenvalue weighted by atomic mass is 16.6. The summed E-state index contributed by atoms with van der Waals surface area (Å²) in [4.78, 5) is 22.7. The van der Waals surface area contributed by atoms with Gasteiger partial charge < -0.3 is 14.8 Å². The summed E-state index contributed by atoms with van der Waals surface area (Å²) < 4.78 is 9.80. The lowest BCUT2D eigenvalue weighted by molar-refractivity contribution is -0.151. The van der Waals surface area contributed by atoms with Crippen LogP contribution in [0.4, 0.5) is 4.79 Å². The van der Waals surface area contributed by atoms with Crippen LogP contribution in [0.3, 0.4) is 0 Å². The second kappa shape index (κ2) is 5.38. The third-order valence-electron chi connectivity index (χ3n) is 2.83. The van der Waals surface area contributed by atoms with Crippen molar-refractivity contribution in [3.05, 3.63) is 0 Å². The van der Waals surface area contributed by atoms with Crippen molar-refractivity contribution in [3.8, 4) is 0 Å². The molecule has 1 N–H and O–H groups in total. The zero-order valence-corrected chi connectivity index (χ0v) is 10.9. The molecule has 0 aromatic rings. The Hall–Kier alpha value is -1.26. The van der Waals surface area contributed by atoms with E-state index in [1.165, 1.54) is 7.11 Å². The fourth-order valence-electron chi connectivity index (χ4n) is 1.80. The van der Waals surface area contributed by atoms with Crippen LogP contribution in [0.25, 0.3) is 0 Å². The quantitative estimate of drug-likeness (QED) is 0.766. The second-order valence-corrected chi connectivity index (χ2v) is 5.35. The molecular weight excluding hydrogens is 222 g/mol. The Morgan fingerprint density at radius 1 is 1.29 bits per heavy atom. The van der Waals surface area contributed by atoms with Crippen molar-refractivity contribution in [1.29, 1.82) is 0 Å². The number of nitrogens with one attached hydrogen (secondary N) is 1. The van der Waals surface area contributed by atoms with Gasteiger partial charge in [0.1, 0.15) is 5.60 Å². The van der Waals surface area contributed by atoms with Crippen molar-refractivity contribution >= 4 is 12.1 Å². The summed E-state index contributed by atoms with van der Waals surface area (Å²) in [5, 5.41) is 2.68. The molecule has 0 unspecified atom stereocenters. The van der Waals surface area contributed by atoms with Crippen LogP contribution < -0.4 is 5.32 Å². The SMILES string of the molecule is COC(=O)[C@@H]1CC[C@@H]1CNC(=O)OC(C)(C)C. The van der Waals surface area contributed by atoms with Gasteiger partial charge >= 0.3 is 12.1 Å². The van der Waals surface area contributed by atoms with E-state index >= 15 is 0 Å². The van der Waals surface area contributed by atoms with Gasteiger partial charge in [-0.1, -0.05) is 0 Å². The van der Waals surface area contributed by atoms with Gasteiger partial charge in [-0.25, -0.2) is 4.79 Å². The van der Waals surface area contributed by atoms with Gasteiger partial charge in [0.05, 0.1) is 13.0 Å². The van der Waals surface area contributed by atoms with Crippen molar-refractivity contribution in [2.45, 2.75) is 39.2 Å². The van der Waals surface area contributed by atoms with Gasteiger partial charge in [-0.15, -0.1) is 0 Å². The number of amides is 1. The maximum Gasteiger partial charge on any atom is 0.407 e. The lowest BCUT2D eigenvalue weighted by atomic mass is 9.73. The minimum absolute atomic E-state index is 0.0741. The van der Waals surface area contributed by atoms with E-state index < -0.39 is 11.7 Å². The van der Waals surface area contributed by atoms with E-state index in [9.17, 15) is 9.59 Å². The largest absolute Gasteiger partial charge is 0.469 e. The highest BCUT2D eigenvalue weighted by molar-refractivity contribution is 5.74. The third kappa shape index (κ3) is 4.24. The van der Waals surface area contributed by atoms with E-state index in [0.29, 0.717) is 6.54 Å². The summed E-state index contributed by atoms with van der Waals surface area (Å²) in [5.41, 5.74) is -0.495. The summed E-state index contributed by atoms with van der Waals surface area (Å²) in [6, 6.07) is 0. The standard InChI is InChI=1S/C12H21NO4/c1-12(2,3)17-11(15)13-7-8-5-6-9(8)10(14)16-4/h8-9H,5-7H2,1-4H3,(H,13,15)/t8-,9-/m1/s1. The van der Waals surface area contributed by atoms with E-state index in [1.807, 2.05) is 20.8 Å². The van der Waals surface area contributed by atoms with Gasteiger partial charge in [-0.05, 0) is 39.5 Å². The third-order valence-corrected chi connectivity index (χ3v) is 2.83. The molecule has 0 aromatic carbocycles. The highest BCUT2D eigenvalue weighted by Gasteiger charge is 2.37. The minimum Gasteiger partial charge on any atom is -0.469 e. The Morgan fingerprint density at radius 3 is 2.35 bits per heavy atom. The Kier molecular flexibility index (Phi) is 4.37. The van der Waals surface area contributed by atoms with E-state index in [-0.39, 0.29) is 17.8 Å². The van der Waals surface area contributed by atoms with Crippen molar-refractivity contribution < 1.29 is 19.1 Å². The van der Waals surface area contributed by atoms with Crippen molar-refractivity contribution in [3.63, 3.8) is 0 Å². The Labute approximate surface area is 102 Å². The molecule has 0 spiro atoms. The van der Waals surface area contributed by atoms with Crippen LogP contribution >= 0.6 is 0 Å². The van der Waals surface area contributed by atoms with E-state index in [1.54, 1.807) is 0 Å². The molecule has 0 heterocycles. The molecule has 17 heavy (non-hydrogen) atoms. The van der Waals surface area contributed by atoms with Crippen LogP contribution in [-0.4, -0.2) is 31.3 Å².